The second-order valence-electron chi connectivity index (χ2n) is 5.23. The molecular weight excluding hydrogens is 244 g/mol. The third-order valence-electron chi connectivity index (χ3n) is 3.58. The molecule has 1 unspecified atom stereocenters. The van der Waals surface area contributed by atoms with E-state index in [1.165, 1.54) is 11.1 Å². The summed E-state index contributed by atoms with van der Waals surface area (Å²) in [6, 6.07) is 20.7. The van der Waals surface area contributed by atoms with E-state index in [1.807, 2.05) is 24.3 Å². The average Bonchev–Trinajstić information content (AvgIpc) is 2.49. The van der Waals surface area contributed by atoms with Crippen LogP contribution in [0.25, 0.3) is 10.9 Å². The first kappa shape index (κ1) is 12.8. The topological polar surface area (TPSA) is 38.9 Å². The number of pyridine rings is 1. The minimum absolute atomic E-state index is 0.0673. The van der Waals surface area contributed by atoms with Crippen molar-refractivity contribution in [2.24, 2.45) is 5.73 Å². The van der Waals surface area contributed by atoms with Crippen LogP contribution in [0.2, 0.25) is 0 Å². The van der Waals surface area contributed by atoms with Crippen LogP contribution in [0.1, 0.15) is 22.9 Å². The minimum atomic E-state index is -0.0673. The third-order valence-corrected chi connectivity index (χ3v) is 3.58. The third kappa shape index (κ3) is 2.70. The zero-order valence-electron chi connectivity index (χ0n) is 11.6. The summed E-state index contributed by atoms with van der Waals surface area (Å²) in [6.07, 6.45) is 0.811. The summed E-state index contributed by atoms with van der Waals surface area (Å²) in [4.78, 5) is 4.66. The highest BCUT2D eigenvalue weighted by atomic mass is 14.8. The van der Waals surface area contributed by atoms with Crippen molar-refractivity contribution in [1.29, 1.82) is 0 Å². The number of rotatable bonds is 3. The Morgan fingerprint density at radius 1 is 0.950 bits per heavy atom. The minimum Gasteiger partial charge on any atom is -0.322 e. The number of aryl methyl sites for hydroxylation is 1. The highest BCUT2D eigenvalue weighted by Crippen LogP contribution is 2.18. The van der Waals surface area contributed by atoms with E-state index >= 15 is 0 Å². The van der Waals surface area contributed by atoms with Gasteiger partial charge in [-0.25, -0.2) is 0 Å². The Bertz CT molecular complexity index is 717. The number of hydrogen-bond acceptors (Lipinski definition) is 2. The molecule has 100 valence electrons. The van der Waals surface area contributed by atoms with Crippen LogP contribution in [0.5, 0.6) is 0 Å². The Hall–Kier alpha value is -2.19. The number of nitrogens with two attached hydrogens (primary N) is 1. The summed E-state index contributed by atoms with van der Waals surface area (Å²) in [5, 5.41) is 1.15. The van der Waals surface area contributed by atoms with Crippen LogP contribution < -0.4 is 5.73 Å². The van der Waals surface area contributed by atoms with E-state index in [2.05, 4.69) is 48.3 Å². The zero-order chi connectivity index (χ0) is 13.9. The van der Waals surface area contributed by atoms with E-state index < -0.39 is 0 Å². The summed E-state index contributed by atoms with van der Waals surface area (Å²) in [6.45, 7) is 2.09. The summed E-state index contributed by atoms with van der Waals surface area (Å²) in [7, 11) is 0. The summed E-state index contributed by atoms with van der Waals surface area (Å²) < 4.78 is 0. The van der Waals surface area contributed by atoms with Crippen LogP contribution in [0.15, 0.2) is 60.7 Å². The molecule has 2 heteroatoms. The molecule has 0 aliphatic rings. The van der Waals surface area contributed by atoms with Gasteiger partial charge in [0.15, 0.2) is 0 Å². The van der Waals surface area contributed by atoms with E-state index in [4.69, 9.17) is 5.73 Å². The molecule has 2 aromatic carbocycles. The molecule has 0 amide bonds. The lowest BCUT2D eigenvalue weighted by Crippen LogP contribution is -2.14. The lowest BCUT2D eigenvalue weighted by atomic mass is 10.0. The Balaban J connectivity index is 1.84. The van der Waals surface area contributed by atoms with Gasteiger partial charge < -0.3 is 5.73 Å². The number of aromatic nitrogens is 1. The van der Waals surface area contributed by atoms with Crippen molar-refractivity contribution in [3.63, 3.8) is 0 Å². The molecule has 1 aromatic heterocycles. The standard InChI is InChI=1S/C18H18N2/c1-13-6-8-14(9-7-13)12-16(19)18-11-10-15-4-2-3-5-17(15)20-18/h2-11,16H,12,19H2,1H3. The number of nitrogens with zero attached hydrogens (tertiary/aromatic N) is 1. The monoisotopic (exact) mass is 262 g/mol. The fraction of sp³-hybridized carbons (Fsp3) is 0.167. The highest BCUT2D eigenvalue weighted by Gasteiger charge is 2.09. The van der Waals surface area contributed by atoms with Crippen LogP contribution in [0.4, 0.5) is 0 Å². The van der Waals surface area contributed by atoms with Crippen LogP contribution in [-0.4, -0.2) is 4.98 Å². The number of fused-ring (bicyclic) bond motifs is 1. The fourth-order valence-corrected chi connectivity index (χ4v) is 2.37. The van der Waals surface area contributed by atoms with Crippen LogP contribution in [0, 0.1) is 6.92 Å². The molecule has 1 heterocycles. The maximum Gasteiger partial charge on any atom is 0.0706 e. The quantitative estimate of drug-likeness (QED) is 0.780. The van der Waals surface area contributed by atoms with Gasteiger partial charge in [0, 0.05) is 5.39 Å². The zero-order valence-corrected chi connectivity index (χ0v) is 11.6. The molecule has 0 bridgehead atoms. The first-order valence-electron chi connectivity index (χ1n) is 6.89. The van der Waals surface area contributed by atoms with E-state index in [-0.39, 0.29) is 6.04 Å². The van der Waals surface area contributed by atoms with Crippen molar-refractivity contribution in [2.75, 3.05) is 0 Å². The maximum absolute atomic E-state index is 6.29. The van der Waals surface area contributed by atoms with Crippen LogP contribution in [-0.2, 0) is 6.42 Å². The van der Waals surface area contributed by atoms with Crippen LogP contribution in [0.3, 0.4) is 0 Å². The maximum atomic E-state index is 6.29. The Labute approximate surface area is 119 Å². The SMILES string of the molecule is Cc1ccc(CC(N)c2ccc3ccccc3n2)cc1. The Morgan fingerprint density at radius 2 is 1.70 bits per heavy atom. The molecule has 0 radical (unpaired) electrons. The van der Waals surface area contributed by atoms with Gasteiger partial charge in [-0.2, -0.15) is 0 Å². The first-order chi connectivity index (χ1) is 9.72. The first-order valence-corrected chi connectivity index (χ1v) is 6.89. The van der Waals surface area contributed by atoms with E-state index in [1.54, 1.807) is 0 Å². The molecule has 0 saturated carbocycles. The molecule has 2 N–H and O–H groups in total. The molecule has 3 rings (SSSR count). The highest BCUT2D eigenvalue weighted by molar-refractivity contribution is 5.78. The smallest absolute Gasteiger partial charge is 0.0706 e. The lowest BCUT2D eigenvalue weighted by molar-refractivity contribution is 0.700. The van der Waals surface area contributed by atoms with Crippen molar-refractivity contribution >= 4 is 10.9 Å². The van der Waals surface area contributed by atoms with E-state index in [0.29, 0.717) is 0 Å². The summed E-state index contributed by atoms with van der Waals surface area (Å²) >= 11 is 0. The van der Waals surface area contributed by atoms with Crippen LogP contribution >= 0.6 is 0 Å². The largest absolute Gasteiger partial charge is 0.322 e. The molecule has 0 saturated heterocycles. The second kappa shape index (κ2) is 5.43. The van der Waals surface area contributed by atoms with Gasteiger partial charge in [-0.05, 0) is 31.0 Å². The Morgan fingerprint density at radius 3 is 2.50 bits per heavy atom. The molecule has 0 aliphatic heterocycles. The van der Waals surface area contributed by atoms with Crippen molar-refractivity contribution in [3.05, 3.63) is 77.5 Å². The average molecular weight is 262 g/mol. The van der Waals surface area contributed by atoms with Gasteiger partial charge in [0.25, 0.3) is 0 Å². The van der Waals surface area contributed by atoms with Gasteiger partial charge in [-0.15, -0.1) is 0 Å². The van der Waals surface area contributed by atoms with E-state index in [0.717, 1.165) is 23.0 Å². The molecular formula is C18H18N2. The van der Waals surface area contributed by atoms with Gasteiger partial charge in [0.2, 0.25) is 0 Å². The summed E-state index contributed by atoms with van der Waals surface area (Å²) in [5.74, 6) is 0. The van der Waals surface area contributed by atoms with Gasteiger partial charge >= 0.3 is 0 Å². The molecule has 0 fully saturated rings. The fourth-order valence-electron chi connectivity index (χ4n) is 2.37. The van der Waals surface area contributed by atoms with Crippen molar-refractivity contribution < 1.29 is 0 Å². The summed E-state index contributed by atoms with van der Waals surface area (Å²) in [5.41, 5.74) is 10.8. The lowest BCUT2D eigenvalue weighted by Gasteiger charge is -2.12. The molecule has 3 aromatic rings. The Kier molecular flexibility index (Phi) is 3.48. The molecule has 2 nitrogen and oxygen atoms in total. The number of benzene rings is 2. The van der Waals surface area contributed by atoms with Gasteiger partial charge in [0.05, 0.1) is 17.3 Å². The normalized spacial score (nSPS) is 12.5. The molecule has 1 atom stereocenters. The number of para-hydroxylation sites is 1. The van der Waals surface area contributed by atoms with E-state index in [9.17, 15) is 0 Å². The van der Waals surface area contributed by atoms with Crippen molar-refractivity contribution in [2.45, 2.75) is 19.4 Å². The van der Waals surface area contributed by atoms with Gasteiger partial charge in [0.1, 0.15) is 0 Å². The second-order valence-corrected chi connectivity index (χ2v) is 5.23. The predicted molar refractivity (Wildman–Crippen MR) is 83.6 cm³/mol. The molecule has 0 spiro atoms. The number of hydrogen-bond donors (Lipinski definition) is 1. The predicted octanol–water partition coefficient (Wildman–Crippen LogP) is 3.79. The van der Waals surface area contributed by atoms with Gasteiger partial charge in [-0.1, -0.05) is 54.1 Å². The van der Waals surface area contributed by atoms with Gasteiger partial charge in [-0.3, -0.25) is 4.98 Å². The van der Waals surface area contributed by atoms with Crippen molar-refractivity contribution in [3.8, 4) is 0 Å². The molecule has 0 aliphatic carbocycles. The van der Waals surface area contributed by atoms with Crippen molar-refractivity contribution in [1.82, 2.24) is 4.98 Å². The molecule has 20 heavy (non-hydrogen) atoms.